The predicted octanol–water partition coefficient (Wildman–Crippen LogP) is 4.35. The molecule has 1 fully saturated rings. The first-order chi connectivity index (χ1) is 11.8. The highest BCUT2D eigenvalue weighted by Crippen LogP contribution is 2.34. The Morgan fingerprint density at radius 1 is 0.958 bits per heavy atom. The summed E-state index contributed by atoms with van der Waals surface area (Å²) < 4.78 is 0. The normalized spacial score (nSPS) is 19.8. The summed E-state index contributed by atoms with van der Waals surface area (Å²) in [6.45, 7) is 2.16. The van der Waals surface area contributed by atoms with Crippen molar-refractivity contribution in [3.05, 3.63) is 59.7 Å². The molecule has 1 aliphatic carbocycles. The lowest BCUT2D eigenvalue weighted by molar-refractivity contribution is -0.117. The van der Waals surface area contributed by atoms with Gasteiger partial charge in [0, 0.05) is 13.1 Å². The molecule has 2 aliphatic rings. The van der Waals surface area contributed by atoms with E-state index in [0.717, 1.165) is 43.7 Å². The number of rotatable bonds is 3. The second-order valence-corrected chi connectivity index (χ2v) is 6.84. The molecule has 1 heterocycles. The number of aryl methyl sites for hydroxylation is 1. The number of carbonyl (C=O) groups is 1. The Kier molecular flexibility index (Phi) is 4.24. The molecule has 0 bridgehead atoms. The highest BCUT2D eigenvalue weighted by atomic mass is 16.1. The Hall–Kier alpha value is -2.29. The van der Waals surface area contributed by atoms with Gasteiger partial charge in [-0.25, -0.2) is 0 Å². The minimum atomic E-state index is -0.0263. The highest BCUT2D eigenvalue weighted by Gasteiger charge is 2.27. The van der Waals surface area contributed by atoms with E-state index < -0.39 is 0 Å². The standard InChI is InChI=1S/C21H24N2O/c24-21(18-11-7-9-16-8-1-2-10-17(16)18)22-19-12-3-4-13-20(19)23-14-5-6-15-23/h1-4,8,10,12-13,18H,5-7,9,11,14-15H2,(H,22,24)/t18-/m1/s1. The average molecular weight is 320 g/mol. The summed E-state index contributed by atoms with van der Waals surface area (Å²) in [5.41, 5.74) is 4.65. The van der Waals surface area contributed by atoms with Crippen LogP contribution < -0.4 is 10.2 Å². The predicted molar refractivity (Wildman–Crippen MR) is 98.6 cm³/mol. The number of nitrogens with one attached hydrogen (secondary N) is 1. The maximum atomic E-state index is 13.0. The topological polar surface area (TPSA) is 32.3 Å². The van der Waals surface area contributed by atoms with Gasteiger partial charge in [0.1, 0.15) is 0 Å². The van der Waals surface area contributed by atoms with Crippen molar-refractivity contribution < 1.29 is 4.79 Å². The van der Waals surface area contributed by atoms with Crippen molar-refractivity contribution in [2.24, 2.45) is 0 Å². The molecule has 0 radical (unpaired) electrons. The molecule has 3 nitrogen and oxygen atoms in total. The smallest absolute Gasteiger partial charge is 0.231 e. The molecule has 0 aromatic heterocycles. The number of anilines is 2. The number of hydrogen-bond donors (Lipinski definition) is 1. The van der Waals surface area contributed by atoms with Crippen molar-refractivity contribution in [2.45, 2.75) is 38.0 Å². The first kappa shape index (κ1) is 15.3. The second kappa shape index (κ2) is 6.68. The molecule has 4 rings (SSSR count). The third-order valence-corrected chi connectivity index (χ3v) is 5.29. The van der Waals surface area contributed by atoms with Gasteiger partial charge in [-0.2, -0.15) is 0 Å². The zero-order valence-electron chi connectivity index (χ0n) is 14.0. The van der Waals surface area contributed by atoms with Crippen LogP contribution in [-0.2, 0) is 11.2 Å². The van der Waals surface area contributed by atoms with E-state index in [1.54, 1.807) is 0 Å². The van der Waals surface area contributed by atoms with Gasteiger partial charge in [0.05, 0.1) is 17.3 Å². The van der Waals surface area contributed by atoms with Crippen molar-refractivity contribution in [3.63, 3.8) is 0 Å². The molecule has 2 aromatic carbocycles. The third kappa shape index (κ3) is 2.91. The number of hydrogen-bond acceptors (Lipinski definition) is 2. The van der Waals surface area contributed by atoms with Crippen molar-refractivity contribution in [3.8, 4) is 0 Å². The summed E-state index contributed by atoms with van der Waals surface area (Å²) in [6, 6.07) is 16.6. The van der Waals surface area contributed by atoms with Crippen LogP contribution in [0.1, 0.15) is 42.7 Å². The van der Waals surface area contributed by atoms with Crippen LogP contribution in [0, 0.1) is 0 Å². The molecule has 0 saturated carbocycles. The fourth-order valence-corrected chi connectivity index (χ4v) is 4.06. The number of benzene rings is 2. The Bertz CT molecular complexity index is 734. The summed E-state index contributed by atoms with van der Waals surface area (Å²) >= 11 is 0. The number of fused-ring (bicyclic) bond motifs is 1. The van der Waals surface area contributed by atoms with Gasteiger partial charge in [-0.15, -0.1) is 0 Å². The van der Waals surface area contributed by atoms with E-state index in [2.05, 4.69) is 40.5 Å². The van der Waals surface area contributed by atoms with Crippen molar-refractivity contribution in [1.82, 2.24) is 0 Å². The molecule has 1 atom stereocenters. The number of amides is 1. The lowest BCUT2D eigenvalue weighted by Gasteiger charge is -2.26. The molecule has 0 spiro atoms. The minimum Gasteiger partial charge on any atom is -0.370 e. The second-order valence-electron chi connectivity index (χ2n) is 6.84. The van der Waals surface area contributed by atoms with Crippen LogP contribution in [0.15, 0.2) is 48.5 Å². The quantitative estimate of drug-likeness (QED) is 0.912. The Morgan fingerprint density at radius 2 is 1.71 bits per heavy atom. The van der Waals surface area contributed by atoms with Crippen LogP contribution in [0.25, 0.3) is 0 Å². The summed E-state index contributed by atoms with van der Waals surface area (Å²) in [5.74, 6) is 0.107. The Labute approximate surface area is 143 Å². The molecular formula is C21H24N2O. The fraction of sp³-hybridized carbons (Fsp3) is 0.381. The van der Waals surface area contributed by atoms with E-state index in [-0.39, 0.29) is 11.8 Å². The molecule has 24 heavy (non-hydrogen) atoms. The maximum absolute atomic E-state index is 13.0. The van der Waals surface area contributed by atoms with Gasteiger partial charge in [-0.3, -0.25) is 4.79 Å². The molecule has 1 saturated heterocycles. The van der Waals surface area contributed by atoms with Crippen LogP contribution in [-0.4, -0.2) is 19.0 Å². The molecule has 1 N–H and O–H groups in total. The zero-order chi connectivity index (χ0) is 16.4. The molecule has 124 valence electrons. The van der Waals surface area contributed by atoms with E-state index in [4.69, 9.17) is 0 Å². The minimum absolute atomic E-state index is 0.0263. The van der Waals surface area contributed by atoms with E-state index in [0.29, 0.717) is 0 Å². The first-order valence-electron chi connectivity index (χ1n) is 9.05. The fourth-order valence-electron chi connectivity index (χ4n) is 4.06. The molecular weight excluding hydrogens is 296 g/mol. The third-order valence-electron chi connectivity index (χ3n) is 5.29. The Balaban J connectivity index is 1.57. The largest absolute Gasteiger partial charge is 0.370 e. The van der Waals surface area contributed by atoms with Gasteiger partial charge in [-0.05, 0) is 55.4 Å². The molecule has 1 amide bonds. The van der Waals surface area contributed by atoms with Crippen molar-refractivity contribution >= 4 is 17.3 Å². The number of nitrogens with zero attached hydrogens (tertiary/aromatic N) is 1. The van der Waals surface area contributed by atoms with Crippen LogP contribution in [0.4, 0.5) is 11.4 Å². The van der Waals surface area contributed by atoms with Crippen molar-refractivity contribution in [1.29, 1.82) is 0 Å². The molecule has 1 aliphatic heterocycles. The van der Waals surface area contributed by atoms with E-state index in [1.807, 2.05) is 18.2 Å². The van der Waals surface area contributed by atoms with E-state index in [9.17, 15) is 4.79 Å². The van der Waals surface area contributed by atoms with Crippen molar-refractivity contribution in [2.75, 3.05) is 23.3 Å². The van der Waals surface area contributed by atoms with E-state index >= 15 is 0 Å². The Morgan fingerprint density at radius 3 is 2.58 bits per heavy atom. The first-order valence-corrected chi connectivity index (χ1v) is 9.05. The van der Waals surface area contributed by atoms with Gasteiger partial charge in [-0.1, -0.05) is 36.4 Å². The molecule has 3 heteroatoms. The number of carbonyl (C=O) groups excluding carboxylic acids is 1. The zero-order valence-corrected chi connectivity index (χ0v) is 14.0. The van der Waals surface area contributed by atoms with Gasteiger partial charge >= 0.3 is 0 Å². The lowest BCUT2D eigenvalue weighted by Crippen LogP contribution is -2.26. The summed E-state index contributed by atoms with van der Waals surface area (Å²) in [6.07, 6.45) is 5.58. The SMILES string of the molecule is O=C(Nc1ccccc1N1CCCC1)[C@@H]1CCCc2ccccc21. The van der Waals surface area contributed by atoms with Crippen LogP contribution in [0.3, 0.4) is 0 Å². The monoisotopic (exact) mass is 320 g/mol. The van der Waals surface area contributed by atoms with Crippen LogP contribution in [0.2, 0.25) is 0 Å². The van der Waals surface area contributed by atoms with Gasteiger partial charge in [0.25, 0.3) is 0 Å². The number of para-hydroxylation sites is 2. The lowest BCUT2D eigenvalue weighted by atomic mass is 9.82. The summed E-state index contributed by atoms with van der Waals surface area (Å²) in [5, 5.41) is 3.22. The maximum Gasteiger partial charge on any atom is 0.231 e. The molecule has 0 unspecified atom stereocenters. The highest BCUT2D eigenvalue weighted by molar-refractivity contribution is 5.98. The summed E-state index contributed by atoms with van der Waals surface area (Å²) in [7, 11) is 0. The van der Waals surface area contributed by atoms with E-state index in [1.165, 1.54) is 24.0 Å². The summed E-state index contributed by atoms with van der Waals surface area (Å²) in [4.78, 5) is 15.3. The van der Waals surface area contributed by atoms with Crippen LogP contribution >= 0.6 is 0 Å². The average Bonchev–Trinajstić information content (AvgIpc) is 3.16. The van der Waals surface area contributed by atoms with Crippen LogP contribution in [0.5, 0.6) is 0 Å². The van der Waals surface area contributed by atoms with Gasteiger partial charge < -0.3 is 10.2 Å². The van der Waals surface area contributed by atoms with Gasteiger partial charge in [0.2, 0.25) is 5.91 Å². The van der Waals surface area contributed by atoms with Gasteiger partial charge in [0.15, 0.2) is 0 Å². The molecule has 2 aromatic rings.